The van der Waals surface area contributed by atoms with E-state index in [0.717, 1.165) is 0 Å². The third-order valence-electron chi connectivity index (χ3n) is 2.27. The zero-order valence-electron chi connectivity index (χ0n) is 8.79. The monoisotopic (exact) mass is 219 g/mol. The minimum absolute atomic E-state index is 0.219. The standard InChI is InChI=1S/C9H17NO3S/c1-4-9(5-2,8(12)13)10-7(11)6-14-3/h4-6H2,1-3H3,(H,10,11)(H,12,13). The summed E-state index contributed by atoms with van der Waals surface area (Å²) in [5.74, 6) is -0.879. The van der Waals surface area contributed by atoms with Gasteiger partial charge in [0, 0.05) is 0 Å². The Hall–Kier alpha value is -0.710. The van der Waals surface area contributed by atoms with E-state index in [0.29, 0.717) is 18.6 Å². The Balaban J connectivity index is 4.51. The van der Waals surface area contributed by atoms with Crippen molar-refractivity contribution in [3.8, 4) is 0 Å². The lowest BCUT2D eigenvalue weighted by atomic mass is 9.93. The molecule has 5 heteroatoms. The van der Waals surface area contributed by atoms with Crippen LogP contribution >= 0.6 is 11.8 Å². The number of thioether (sulfide) groups is 1. The number of carboxylic acid groups (broad SMARTS) is 1. The first-order valence-corrected chi connectivity index (χ1v) is 5.95. The van der Waals surface area contributed by atoms with Crippen LogP contribution in [0.25, 0.3) is 0 Å². The summed E-state index contributed by atoms with van der Waals surface area (Å²) >= 11 is 1.38. The molecule has 0 unspecified atom stereocenters. The Morgan fingerprint density at radius 3 is 2.14 bits per heavy atom. The molecule has 0 bridgehead atoms. The molecule has 82 valence electrons. The normalized spacial score (nSPS) is 11.1. The van der Waals surface area contributed by atoms with Crippen LogP contribution in [0.3, 0.4) is 0 Å². The molecule has 0 aliphatic rings. The summed E-state index contributed by atoms with van der Waals surface area (Å²) in [7, 11) is 0. The maximum atomic E-state index is 11.3. The second-order valence-electron chi connectivity index (χ2n) is 3.08. The summed E-state index contributed by atoms with van der Waals surface area (Å²) in [6.07, 6.45) is 2.61. The van der Waals surface area contributed by atoms with E-state index in [4.69, 9.17) is 5.11 Å². The van der Waals surface area contributed by atoms with Crippen molar-refractivity contribution < 1.29 is 14.7 Å². The van der Waals surface area contributed by atoms with Gasteiger partial charge in [-0.15, -0.1) is 0 Å². The van der Waals surface area contributed by atoms with Crippen LogP contribution in [-0.4, -0.2) is 34.5 Å². The molecule has 0 heterocycles. The van der Waals surface area contributed by atoms with Gasteiger partial charge in [-0.3, -0.25) is 4.79 Å². The lowest BCUT2D eigenvalue weighted by Gasteiger charge is -2.27. The number of amides is 1. The van der Waals surface area contributed by atoms with Gasteiger partial charge in [-0.2, -0.15) is 11.8 Å². The van der Waals surface area contributed by atoms with Crippen LogP contribution in [0.1, 0.15) is 26.7 Å². The fraction of sp³-hybridized carbons (Fsp3) is 0.778. The number of nitrogens with one attached hydrogen (secondary N) is 1. The Bertz CT molecular complexity index is 214. The maximum absolute atomic E-state index is 11.3. The fourth-order valence-corrected chi connectivity index (χ4v) is 1.55. The van der Waals surface area contributed by atoms with Crippen LogP contribution in [0.5, 0.6) is 0 Å². The Labute approximate surface area is 88.4 Å². The minimum atomic E-state index is -1.09. The third kappa shape index (κ3) is 3.21. The van der Waals surface area contributed by atoms with Crippen molar-refractivity contribution >= 4 is 23.6 Å². The summed E-state index contributed by atoms with van der Waals surface area (Å²) in [6, 6.07) is 0. The fourth-order valence-electron chi connectivity index (χ4n) is 1.22. The third-order valence-corrected chi connectivity index (χ3v) is 2.82. The van der Waals surface area contributed by atoms with Gasteiger partial charge in [-0.25, -0.2) is 4.79 Å². The molecule has 0 radical (unpaired) electrons. The number of hydrogen-bond donors (Lipinski definition) is 2. The second kappa shape index (κ2) is 5.90. The summed E-state index contributed by atoms with van der Waals surface area (Å²) in [5, 5.41) is 11.6. The van der Waals surface area contributed by atoms with Crippen LogP contribution in [0, 0.1) is 0 Å². The van der Waals surface area contributed by atoms with E-state index in [1.165, 1.54) is 11.8 Å². The molecule has 0 fully saturated rings. The first-order chi connectivity index (χ1) is 6.52. The molecule has 0 aromatic rings. The average molecular weight is 219 g/mol. The Morgan fingerprint density at radius 1 is 1.36 bits per heavy atom. The van der Waals surface area contributed by atoms with E-state index in [1.54, 1.807) is 20.1 Å². The SMILES string of the molecule is CCC(CC)(NC(=O)CSC)C(=O)O. The maximum Gasteiger partial charge on any atom is 0.329 e. The number of hydrogen-bond acceptors (Lipinski definition) is 3. The zero-order valence-corrected chi connectivity index (χ0v) is 9.61. The molecule has 0 aromatic carbocycles. The van der Waals surface area contributed by atoms with Crippen LogP contribution in [-0.2, 0) is 9.59 Å². The van der Waals surface area contributed by atoms with Crippen molar-refractivity contribution in [3.63, 3.8) is 0 Å². The number of carboxylic acids is 1. The summed E-state index contributed by atoms with van der Waals surface area (Å²) < 4.78 is 0. The van der Waals surface area contributed by atoms with Gasteiger partial charge in [0.2, 0.25) is 5.91 Å². The molecule has 0 saturated heterocycles. The van der Waals surface area contributed by atoms with E-state index in [1.807, 2.05) is 0 Å². The lowest BCUT2D eigenvalue weighted by Crippen LogP contribution is -2.54. The molecule has 0 aromatic heterocycles. The summed E-state index contributed by atoms with van der Waals surface area (Å²) in [5.41, 5.74) is -1.09. The predicted octanol–water partition coefficient (Wildman–Crippen LogP) is 1.11. The smallest absolute Gasteiger partial charge is 0.329 e. The Kier molecular flexibility index (Phi) is 5.60. The quantitative estimate of drug-likeness (QED) is 0.702. The average Bonchev–Trinajstić information content (AvgIpc) is 2.14. The molecule has 0 atom stereocenters. The number of carbonyl (C=O) groups excluding carboxylic acids is 1. The van der Waals surface area contributed by atoms with Gasteiger partial charge < -0.3 is 10.4 Å². The first kappa shape index (κ1) is 13.3. The van der Waals surface area contributed by atoms with E-state index in [2.05, 4.69) is 5.32 Å². The molecular weight excluding hydrogens is 202 g/mol. The zero-order chi connectivity index (χ0) is 11.2. The van der Waals surface area contributed by atoms with Gasteiger partial charge >= 0.3 is 5.97 Å². The van der Waals surface area contributed by atoms with Crippen molar-refractivity contribution in [3.05, 3.63) is 0 Å². The molecule has 0 spiro atoms. The minimum Gasteiger partial charge on any atom is -0.480 e. The first-order valence-electron chi connectivity index (χ1n) is 4.55. The van der Waals surface area contributed by atoms with E-state index in [9.17, 15) is 9.59 Å². The van der Waals surface area contributed by atoms with Crippen molar-refractivity contribution in [1.82, 2.24) is 5.32 Å². The molecule has 4 nitrogen and oxygen atoms in total. The molecule has 14 heavy (non-hydrogen) atoms. The topological polar surface area (TPSA) is 66.4 Å². The van der Waals surface area contributed by atoms with Gasteiger partial charge in [-0.05, 0) is 19.1 Å². The highest BCUT2D eigenvalue weighted by atomic mass is 32.2. The summed E-state index contributed by atoms with van der Waals surface area (Å²) in [4.78, 5) is 22.3. The van der Waals surface area contributed by atoms with Gasteiger partial charge in [0.1, 0.15) is 5.54 Å². The van der Waals surface area contributed by atoms with E-state index >= 15 is 0 Å². The molecule has 2 N–H and O–H groups in total. The van der Waals surface area contributed by atoms with Gasteiger partial charge in [0.05, 0.1) is 5.75 Å². The Morgan fingerprint density at radius 2 is 1.86 bits per heavy atom. The molecule has 0 saturated carbocycles. The molecule has 1 amide bonds. The molecular formula is C9H17NO3S. The van der Waals surface area contributed by atoms with Crippen LogP contribution in [0.4, 0.5) is 0 Å². The predicted molar refractivity (Wildman–Crippen MR) is 57.5 cm³/mol. The highest BCUT2D eigenvalue weighted by Crippen LogP contribution is 2.15. The molecule has 0 aliphatic carbocycles. The largest absolute Gasteiger partial charge is 0.480 e. The van der Waals surface area contributed by atoms with Crippen LogP contribution in [0.15, 0.2) is 0 Å². The van der Waals surface area contributed by atoms with E-state index < -0.39 is 11.5 Å². The van der Waals surface area contributed by atoms with E-state index in [-0.39, 0.29) is 5.91 Å². The van der Waals surface area contributed by atoms with Crippen LogP contribution in [0.2, 0.25) is 0 Å². The number of aliphatic carboxylic acids is 1. The highest BCUT2D eigenvalue weighted by Gasteiger charge is 2.35. The number of carbonyl (C=O) groups is 2. The van der Waals surface area contributed by atoms with Crippen molar-refractivity contribution in [2.24, 2.45) is 0 Å². The van der Waals surface area contributed by atoms with Gasteiger partial charge in [0.25, 0.3) is 0 Å². The van der Waals surface area contributed by atoms with Crippen molar-refractivity contribution in [1.29, 1.82) is 0 Å². The van der Waals surface area contributed by atoms with Gasteiger partial charge in [-0.1, -0.05) is 13.8 Å². The highest BCUT2D eigenvalue weighted by molar-refractivity contribution is 7.99. The second-order valence-corrected chi connectivity index (χ2v) is 3.94. The summed E-state index contributed by atoms with van der Waals surface area (Å²) in [6.45, 7) is 3.52. The van der Waals surface area contributed by atoms with Crippen molar-refractivity contribution in [2.45, 2.75) is 32.2 Å². The van der Waals surface area contributed by atoms with Crippen LogP contribution < -0.4 is 5.32 Å². The molecule has 0 rings (SSSR count). The lowest BCUT2D eigenvalue weighted by molar-refractivity contribution is -0.147. The molecule has 0 aliphatic heterocycles. The van der Waals surface area contributed by atoms with Gasteiger partial charge in [0.15, 0.2) is 0 Å². The number of rotatable bonds is 6. The van der Waals surface area contributed by atoms with Crippen molar-refractivity contribution in [2.75, 3.05) is 12.0 Å².